The molecule has 1 saturated carbocycles. The van der Waals surface area contributed by atoms with Crippen LogP contribution in [-0.2, 0) is 17.0 Å². The second kappa shape index (κ2) is 9.49. The van der Waals surface area contributed by atoms with Crippen LogP contribution >= 0.6 is 0 Å². The minimum atomic E-state index is -0.955. The molecule has 2 saturated heterocycles. The van der Waals surface area contributed by atoms with Crippen molar-refractivity contribution in [2.75, 3.05) is 20.2 Å². The van der Waals surface area contributed by atoms with E-state index < -0.39 is 5.60 Å². The Morgan fingerprint density at radius 1 is 1.03 bits per heavy atom. The summed E-state index contributed by atoms with van der Waals surface area (Å²) in [7, 11) is 1.70. The van der Waals surface area contributed by atoms with Crippen LogP contribution in [0.25, 0.3) is 0 Å². The van der Waals surface area contributed by atoms with Crippen molar-refractivity contribution in [1.82, 2.24) is 15.7 Å². The molecule has 0 aromatic heterocycles. The fourth-order valence-corrected chi connectivity index (χ4v) is 5.42. The quantitative estimate of drug-likeness (QED) is 0.617. The highest BCUT2D eigenvalue weighted by Gasteiger charge is 2.51. The van der Waals surface area contributed by atoms with Crippen LogP contribution in [0.3, 0.4) is 0 Å². The van der Waals surface area contributed by atoms with Crippen molar-refractivity contribution >= 4 is 0 Å². The SMILES string of the molecule is COc1ccc(CN2CCC(C3NC(C(O)(c4ccccc4)C4CCC4)NO3)CC2)cc1. The highest BCUT2D eigenvalue weighted by Crippen LogP contribution is 2.45. The number of nitrogens with one attached hydrogen (secondary N) is 2. The van der Waals surface area contributed by atoms with E-state index in [0.717, 1.165) is 56.6 Å². The first-order chi connectivity index (χ1) is 15.7. The van der Waals surface area contributed by atoms with Crippen molar-refractivity contribution in [3.8, 4) is 5.75 Å². The van der Waals surface area contributed by atoms with Gasteiger partial charge in [0.05, 0.1) is 7.11 Å². The average Bonchev–Trinajstić information content (AvgIpc) is 3.30. The van der Waals surface area contributed by atoms with E-state index in [-0.39, 0.29) is 18.3 Å². The Hall–Kier alpha value is -1.96. The second-order valence-corrected chi connectivity index (χ2v) is 9.54. The molecular formula is C26H35N3O3. The molecule has 2 aromatic rings. The molecule has 0 bridgehead atoms. The van der Waals surface area contributed by atoms with E-state index in [1.165, 1.54) is 12.0 Å². The Labute approximate surface area is 190 Å². The van der Waals surface area contributed by atoms with Gasteiger partial charge in [-0.15, -0.1) is 0 Å². The molecule has 3 N–H and O–H groups in total. The molecule has 0 spiro atoms. The topological polar surface area (TPSA) is 66.0 Å². The molecular weight excluding hydrogens is 402 g/mol. The van der Waals surface area contributed by atoms with E-state index in [1.807, 2.05) is 42.5 Å². The zero-order valence-corrected chi connectivity index (χ0v) is 18.9. The summed E-state index contributed by atoms with van der Waals surface area (Å²) in [6.45, 7) is 3.06. The van der Waals surface area contributed by atoms with Crippen molar-refractivity contribution < 1.29 is 14.7 Å². The van der Waals surface area contributed by atoms with Gasteiger partial charge < -0.3 is 9.84 Å². The van der Waals surface area contributed by atoms with Crippen molar-refractivity contribution in [2.24, 2.45) is 11.8 Å². The number of hydrogen-bond acceptors (Lipinski definition) is 6. The fourth-order valence-electron chi connectivity index (χ4n) is 5.42. The number of methoxy groups -OCH3 is 1. The summed E-state index contributed by atoms with van der Waals surface area (Å²) in [5, 5.41) is 15.4. The first kappa shape index (κ1) is 21.9. The van der Waals surface area contributed by atoms with E-state index >= 15 is 0 Å². The maximum atomic E-state index is 11.8. The monoisotopic (exact) mass is 437 g/mol. The third-order valence-corrected chi connectivity index (χ3v) is 7.67. The molecule has 2 aromatic carbocycles. The van der Waals surface area contributed by atoms with Gasteiger partial charge in [-0.3, -0.25) is 15.1 Å². The smallest absolute Gasteiger partial charge is 0.133 e. The summed E-state index contributed by atoms with van der Waals surface area (Å²) in [6, 6.07) is 18.4. The van der Waals surface area contributed by atoms with Crippen molar-refractivity contribution in [2.45, 2.75) is 56.6 Å². The van der Waals surface area contributed by atoms with Crippen LogP contribution in [0.4, 0.5) is 0 Å². The van der Waals surface area contributed by atoms with Crippen LogP contribution < -0.4 is 15.5 Å². The highest BCUT2D eigenvalue weighted by molar-refractivity contribution is 5.28. The van der Waals surface area contributed by atoms with E-state index in [2.05, 4.69) is 27.8 Å². The molecule has 1 aliphatic carbocycles. The minimum Gasteiger partial charge on any atom is -0.497 e. The Kier molecular flexibility index (Phi) is 6.49. The van der Waals surface area contributed by atoms with Gasteiger partial charge in [-0.1, -0.05) is 48.9 Å². The summed E-state index contributed by atoms with van der Waals surface area (Å²) >= 11 is 0. The summed E-state index contributed by atoms with van der Waals surface area (Å²) < 4.78 is 5.26. The standard InChI is InChI=1S/C26H35N3O3/c1-31-23-12-10-19(11-13-23)18-29-16-14-20(15-17-29)24-27-25(28-32-24)26(30,22-8-5-9-22)21-6-3-2-4-7-21/h2-4,6-7,10-13,20,22,24-25,27-28,30H,5,8-9,14-18H2,1H3. The number of ether oxygens (including phenoxy) is 1. The number of rotatable bonds is 7. The van der Waals surface area contributed by atoms with Gasteiger partial charge in [0, 0.05) is 12.5 Å². The average molecular weight is 438 g/mol. The third kappa shape index (κ3) is 4.30. The summed E-state index contributed by atoms with van der Waals surface area (Å²) in [5.41, 5.74) is 4.49. The maximum absolute atomic E-state index is 11.8. The van der Waals surface area contributed by atoms with Crippen molar-refractivity contribution in [1.29, 1.82) is 0 Å². The van der Waals surface area contributed by atoms with E-state index in [4.69, 9.17) is 9.57 Å². The van der Waals surface area contributed by atoms with Gasteiger partial charge in [0.15, 0.2) is 0 Å². The molecule has 6 heteroatoms. The summed E-state index contributed by atoms with van der Waals surface area (Å²) in [5.74, 6) is 1.58. The number of likely N-dealkylation sites (tertiary alicyclic amines) is 1. The molecule has 172 valence electrons. The van der Waals surface area contributed by atoms with Crippen molar-refractivity contribution in [3.05, 3.63) is 65.7 Å². The van der Waals surface area contributed by atoms with Crippen molar-refractivity contribution in [3.63, 3.8) is 0 Å². The number of hydrogen-bond donors (Lipinski definition) is 3. The molecule has 3 fully saturated rings. The normalized spacial score (nSPS) is 27.1. The van der Waals surface area contributed by atoms with Crippen LogP contribution in [0.1, 0.15) is 43.2 Å². The largest absolute Gasteiger partial charge is 0.497 e. The first-order valence-electron chi connectivity index (χ1n) is 12.0. The number of aliphatic hydroxyl groups is 1. The molecule has 3 atom stereocenters. The number of nitrogens with zero attached hydrogens (tertiary/aromatic N) is 1. The predicted molar refractivity (Wildman–Crippen MR) is 124 cm³/mol. The Balaban J connectivity index is 1.18. The van der Waals surface area contributed by atoms with Gasteiger partial charge in [0.25, 0.3) is 0 Å². The Bertz CT molecular complexity index is 866. The van der Waals surface area contributed by atoms with Crippen LogP contribution in [-0.4, -0.2) is 42.6 Å². The molecule has 0 amide bonds. The minimum absolute atomic E-state index is 0.0709. The molecule has 5 rings (SSSR count). The van der Waals surface area contributed by atoms with Gasteiger partial charge in [-0.05, 0) is 68.0 Å². The lowest BCUT2D eigenvalue weighted by molar-refractivity contribution is -0.105. The van der Waals surface area contributed by atoms with Gasteiger partial charge in [-0.25, -0.2) is 0 Å². The maximum Gasteiger partial charge on any atom is 0.133 e. The Morgan fingerprint density at radius 2 is 1.75 bits per heavy atom. The van der Waals surface area contributed by atoms with E-state index in [0.29, 0.717) is 5.92 Å². The van der Waals surface area contributed by atoms with Gasteiger partial charge in [-0.2, -0.15) is 5.48 Å². The van der Waals surface area contributed by atoms with Crippen LogP contribution in [0.5, 0.6) is 5.75 Å². The third-order valence-electron chi connectivity index (χ3n) is 7.67. The molecule has 0 radical (unpaired) electrons. The molecule has 3 unspecified atom stereocenters. The number of benzene rings is 2. The molecule has 2 aliphatic heterocycles. The Morgan fingerprint density at radius 3 is 2.38 bits per heavy atom. The van der Waals surface area contributed by atoms with Gasteiger partial charge in [0.1, 0.15) is 23.7 Å². The zero-order chi connectivity index (χ0) is 22.0. The van der Waals surface area contributed by atoms with Crippen LogP contribution in [0.15, 0.2) is 54.6 Å². The molecule has 32 heavy (non-hydrogen) atoms. The first-order valence-corrected chi connectivity index (χ1v) is 12.0. The predicted octanol–water partition coefficient (Wildman–Crippen LogP) is 3.37. The fraction of sp³-hybridized carbons (Fsp3) is 0.538. The highest BCUT2D eigenvalue weighted by atomic mass is 16.7. The number of hydroxylamine groups is 1. The van der Waals surface area contributed by atoms with E-state index in [9.17, 15) is 5.11 Å². The lowest BCUT2D eigenvalue weighted by Gasteiger charge is -2.45. The van der Waals surface area contributed by atoms with Gasteiger partial charge >= 0.3 is 0 Å². The lowest BCUT2D eigenvalue weighted by Crippen LogP contribution is -2.58. The summed E-state index contributed by atoms with van der Waals surface area (Å²) in [4.78, 5) is 8.52. The van der Waals surface area contributed by atoms with E-state index in [1.54, 1.807) is 7.11 Å². The molecule has 3 aliphatic rings. The lowest BCUT2D eigenvalue weighted by atomic mass is 9.68. The zero-order valence-electron chi connectivity index (χ0n) is 18.9. The summed E-state index contributed by atoms with van der Waals surface area (Å²) in [6.07, 6.45) is 5.09. The number of piperidine rings is 1. The van der Waals surface area contributed by atoms with Crippen LogP contribution in [0, 0.1) is 11.8 Å². The molecule has 2 heterocycles. The van der Waals surface area contributed by atoms with Crippen LogP contribution in [0.2, 0.25) is 0 Å². The second-order valence-electron chi connectivity index (χ2n) is 9.54. The molecule has 6 nitrogen and oxygen atoms in total. The van der Waals surface area contributed by atoms with Gasteiger partial charge in [0.2, 0.25) is 0 Å².